The molecule has 6 aliphatic carbocycles. The predicted octanol–water partition coefficient (Wildman–Crippen LogP) is 5.80. The molecule has 7 heteroatoms. The number of carbonyl (C=O) groups is 1. The van der Waals surface area contributed by atoms with E-state index in [0.717, 1.165) is 37.3 Å². The SMILES string of the molecule is C=C(C)[C@@H]1CC[C@]2(NCCN3CCSCC3)CC[C@]3(C)[C@H](CC[C@@H]4[C@@H]5[C@@H](CC[C@]43C)C(C)(C)C(C(O)COC(=O)C3CC=CCC3)=C[C@@H]5C)[C@@H]12.[H-].[K+]. The normalized spacial score (nSPS) is 43.7. The summed E-state index contributed by atoms with van der Waals surface area (Å²) in [5, 5.41) is 15.9. The number of allylic oxidation sites excluding steroid dienone is 4. The van der Waals surface area contributed by atoms with Gasteiger partial charge in [0.05, 0.1) is 5.92 Å². The van der Waals surface area contributed by atoms with Crippen LogP contribution in [0.3, 0.4) is 0 Å². The van der Waals surface area contributed by atoms with Crippen LogP contribution in [0.25, 0.3) is 0 Å². The molecule has 5 fully saturated rings. The zero-order chi connectivity index (χ0) is 35.5. The van der Waals surface area contributed by atoms with Crippen LogP contribution in [-0.2, 0) is 9.53 Å². The fraction of sp³-hybridized carbons (Fsp3) is 0.841. The van der Waals surface area contributed by atoms with Crippen molar-refractivity contribution in [3.05, 3.63) is 36.0 Å². The summed E-state index contributed by atoms with van der Waals surface area (Å²) in [4.78, 5) is 15.5. The molecule has 51 heavy (non-hydrogen) atoms. The van der Waals surface area contributed by atoms with Gasteiger partial charge in [0.15, 0.2) is 0 Å². The summed E-state index contributed by atoms with van der Waals surface area (Å²) in [6.45, 7) is 24.5. The molecule has 0 radical (unpaired) electrons. The number of thioether (sulfide) groups is 1. The van der Waals surface area contributed by atoms with Crippen molar-refractivity contribution in [1.29, 1.82) is 0 Å². The Balaban J connectivity index is 0.00000261. The van der Waals surface area contributed by atoms with Crippen LogP contribution in [0.4, 0.5) is 0 Å². The van der Waals surface area contributed by atoms with Crippen LogP contribution in [0.1, 0.15) is 114 Å². The molecule has 5 nitrogen and oxygen atoms in total. The van der Waals surface area contributed by atoms with Crippen molar-refractivity contribution in [3.8, 4) is 0 Å². The molecule has 282 valence electrons. The number of nitrogens with zero attached hydrogens (tertiary/aromatic N) is 1. The average Bonchev–Trinajstić information content (AvgIpc) is 3.49. The molecule has 0 aromatic rings. The van der Waals surface area contributed by atoms with Gasteiger partial charge in [0.25, 0.3) is 0 Å². The van der Waals surface area contributed by atoms with Gasteiger partial charge in [0, 0.05) is 43.2 Å². The molecule has 7 aliphatic rings. The van der Waals surface area contributed by atoms with Crippen LogP contribution in [-0.4, -0.2) is 71.9 Å². The van der Waals surface area contributed by atoms with Crippen LogP contribution in [0, 0.1) is 63.6 Å². The Kier molecular flexibility index (Phi) is 13.1. The van der Waals surface area contributed by atoms with Crippen molar-refractivity contribution in [1.82, 2.24) is 10.2 Å². The number of ether oxygens (including phenoxy) is 1. The molecule has 0 spiro atoms. The Morgan fingerprint density at radius 2 is 1.75 bits per heavy atom. The Morgan fingerprint density at radius 1 is 1.02 bits per heavy atom. The van der Waals surface area contributed by atoms with Gasteiger partial charge in [-0.3, -0.25) is 4.79 Å². The van der Waals surface area contributed by atoms with Crippen LogP contribution in [0.2, 0.25) is 0 Å². The molecule has 2 unspecified atom stereocenters. The first-order valence-electron chi connectivity index (χ1n) is 20.7. The van der Waals surface area contributed by atoms with E-state index in [1.54, 1.807) is 0 Å². The third-order valence-electron chi connectivity index (χ3n) is 16.8. The largest absolute Gasteiger partial charge is 1.00 e. The van der Waals surface area contributed by atoms with Crippen molar-refractivity contribution in [2.75, 3.05) is 44.3 Å². The van der Waals surface area contributed by atoms with E-state index in [1.165, 1.54) is 88.1 Å². The number of hydrogen-bond donors (Lipinski definition) is 2. The number of aliphatic hydroxyl groups is 1. The van der Waals surface area contributed by atoms with Crippen LogP contribution in [0.15, 0.2) is 36.0 Å². The van der Waals surface area contributed by atoms with E-state index in [-0.39, 0.29) is 82.3 Å². The second-order valence-corrected chi connectivity index (χ2v) is 20.5. The Labute approximate surface area is 359 Å². The molecule has 0 aromatic heterocycles. The van der Waals surface area contributed by atoms with Crippen molar-refractivity contribution < 1.29 is 67.4 Å². The molecule has 1 saturated heterocycles. The molecule has 7 rings (SSSR count). The summed E-state index contributed by atoms with van der Waals surface area (Å²) in [6, 6.07) is 0. The topological polar surface area (TPSA) is 61.8 Å². The first kappa shape index (κ1) is 41.2. The van der Waals surface area contributed by atoms with Gasteiger partial charge in [0.1, 0.15) is 12.7 Å². The number of nitrogens with one attached hydrogen (secondary N) is 1. The summed E-state index contributed by atoms with van der Waals surface area (Å²) < 4.78 is 5.78. The molecule has 2 N–H and O–H groups in total. The first-order valence-corrected chi connectivity index (χ1v) is 21.9. The summed E-state index contributed by atoms with van der Waals surface area (Å²) >= 11 is 2.11. The smallest absolute Gasteiger partial charge is 1.00 e. The quantitative estimate of drug-likeness (QED) is 0.177. The molecule has 1 aliphatic heterocycles. The average molecular weight is 747 g/mol. The minimum absolute atomic E-state index is 0. The molecule has 12 atom stereocenters. The van der Waals surface area contributed by atoms with Crippen molar-refractivity contribution in [2.24, 2.45) is 63.6 Å². The Bertz CT molecular complexity index is 1350. The maximum Gasteiger partial charge on any atom is 1.00 e. The van der Waals surface area contributed by atoms with Gasteiger partial charge in [-0.15, -0.1) is 0 Å². The van der Waals surface area contributed by atoms with Gasteiger partial charge in [-0.05, 0) is 141 Å². The number of carbonyl (C=O) groups excluding carboxylic acids is 1. The second kappa shape index (κ2) is 16.2. The zero-order valence-electron chi connectivity index (χ0n) is 34.5. The third kappa shape index (κ3) is 7.33. The van der Waals surface area contributed by atoms with Crippen LogP contribution >= 0.6 is 11.8 Å². The molecule has 0 bridgehead atoms. The first-order chi connectivity index (χ1) is 23.8. The summed E-state index contributed by atoms with van der Waals surface area (Å²) in [5.74, 6) is 6.72. The van der Waals surface area contributed by atoms with E-state index in [1.807, 2.05) is 0 Å². The van der Waals surface area contributed by atoms with Crippen molar-refractivity contribution >= 4 is 17.7 Å². The molecule has 0 aromatic carbocycles. The number of aliphatic hydroxyl groups excluding tert-OH is 1. The monoisotopic (exact) mass is 746 g/mol. The van der Waals surface area contributed by atoms with Gasteiger partial charge in [0.2, 0.25) is 0 Å². The fourth-order valence-electron chi connectivity index (χ4n) is 13.9. The summed E-state index contributed by atoms with van der Waals surface area (Å²) in [5.41, 5.74) is 3.32. The van der Waals surface area contributed by atoms with Crippen LogP contribution in [0.5, 0.6) is 0 Å². The van der Waals surface area contributed by atoms with E-state index in [9.17, 15) is 9.90 Å². The number of rotatable bonds is 9. The fourth-order valence-corrected chi connectivity index (χ4v) is 14.9. The van der Waals surface area contributed by atoms with E-state index in [0.29, 0.717) is 46.3 Å². The van der Waals surface area contributed by atoms with Gasteiger partial charge in [-0.1, -0.05) is 65.0 Å². The van der Waals surface area contributed by atoms with E-state index in [4.69, 9.17) is 4.74 Å². The van der Waals surface area contributed by atoms with Gasteiger partial charge in [-0.2, -0.15) is 11.8 Å². The summed E-state index contributed by atoms with van der Waals surface area (Å²) in [7, 11) is 0. The van der Waals surface area contributed by atoms with Crippen molar-refractivity contribution in [3.63, 3.8) is 0 Å². The van der Waals surface area contributed by atoms with Crippen LogP contribution < -0.4 is 56.7 Å². The van der Waals surface area contributed by atoms with Gasteiger partial charge < -0.3 is 21.5 Å². The van der Waals surface area contributed by atoms with Gasteiger partial charge in [-0.25, -0.2) is 0 Å². The van der Waals surface area contributed by atoms with E-state index < -0.39 is 6.10 Å². The van der Waals surface area contributed by atoms with E-state index in [2.05, 4.69) is 88.3 Å². The zero-order valence-corrected chi connectivity index (χ0v) is 37.4. The van der Waals surface area contributed by atoms with Gasteiger partial charge >= 0.3 is 57.4 Å². The number of hydrogen-bond acceptors (Lipinski definition) is 6. The van der Waals surface area contributed by atoms with E-state index >= 15 is 0 Å². The second-order valence-electron chi connectivity index (χ2n) is 19.2. The standard InChI is InChI=1S/C44H70N2O3S.K.H/c1-29(2)32-15-18-44(45-21-22-46-23-25-50-26-24-46)20-19-43(7)35(39(32)44)14-13-34-38-30(3)27-36(41(4,5)33(38)16-17-42(34,43)6)37(47)28-49-40(48)31-11-9-8-10-12-31;;/h8-9,27,30-35,37-39,45,47H,1,10-26,28H2,2-7H3;;/q;+1;-1/t30-,31?,32-,33+,34+,35+,37?,38-,39+,42+,43+,44-;;/m0../s1. The molecule has 0 amide bonds. The maximum absolute atomic E-state index is 12.8. The molecule has 1 heterocycles. The Hall–Kier alpha value is 0.556. The number of fused-ring (bicyclic) bond motifs is 7. The third-order valence-corrected chi connectivity index (χ3v) is 17.8. The molecular formula is C44H71KN2O3S. The number of esters is 1. The van der Waals surface area contributed by atoms with Crippen molar-refractivity contribution in [2.45, 2.75) is 124 Å². The predicted molar refractivity (Wildman–Crippen MR) is 209 cm³/mol. The minimum Gasteiger partial charge on any atom is -1.00 e. The Morgan fingerprint density at radius 3 is 2.45 bits per heavy atom. The molecule has 4 saturated carbocycles. The maximum atomic E-state index is 12.8. The summed E-state index contributed by atoms with van der Waals surface area (Å²) in [6.07, 6.45) is 18.9. The minimum atomic E-state index is -0.729. The molecular weight excluding hydrogens is 676 g/mol.